The molecule has 0 unspecified atom stereocenters. The third kappa shape index (κ3) is 3.06. The van der Waals surface area contributed by atoms with Gasteiger partial charge in [-0.05, 0) is 53.0 Å². The monoisotopic (exact) mass is 334 g/mol. The molecule has 3 rings (SSSR count). The van der Waals surface area contributed by atoms with Crippen LogP contribution in [0.15, 0.2) is 5.73 Å². The molecule has 0 atom stereocenters. The van der Waals surface area contributed by atoms with E-state index in [0.29, 0.717) is 5.92 Å². The molecule has 0 spiro atoms. The average molecular weight is 334 g/mol. The zero-order valence-corrected chi connectivity index (χ0v) is 15.4. The second-order valence-electron chi connectivity index (χ2n) is 7.95. The van der Waals surface area contributed by atoms with E-state index in [2.05, 4.69) is 17.1 Å². The predicted molar refractivity (Wildman–Crippen MR) is 94.3 cm³/mol. The molecule has 2 heterocycles. The summed E-state index contributed by atoms with van der Waals surface area (Å²) in [7, 11) is -0.953. The van der Waals surface area contributed by atoms with Crippen LogP contribution in [0.1, 0.15) is 83.2 Å². The third-order valence-corrected chi connectivity index (χ3v) is 5.77. The number of rotatable bonds is 4. The van der Waals surface area contributed by atoms with Gasteiger partial charge in [0, 0.05) is 17.2 Å². The Kier molecular flexibility index (Phi) is 4.64. The summed E-state index contributed by atoms with van der Waals surface area (Å²) in [5, 5.41) is 7.57. The van der Waals surface area contributed by atoms with Crippen molar-refractivity contribution in [3.05, 3.63) is 22.7 Å². The van der Waals surface area contributed by atoms with Crippen LogP contribution in [0.2, 0.25) is 0 Å². The highest BCUT2D eigenvalue weighted by atomic mass is 19.1. The molecule has 2 fully saturated rings. The van der Waals surface area contributed by atoms with E-state index in [1.54, 1.807) is 6.08 Å². The van der Waals surface area contributed by atoms with Crippen molar-refractivity contribution in [1.29, 1.82) is 0 Å². The highest BCUT2D eigenvalue weighted by Gasteiger charge is 2.53. The van der Waals surface area contributed by atoms with Gasteiger partial charge in [0.05, 0.1) is 16.9 Å². The number of aromatic nitrogens is 2. The maximum absolute atomic E-state index is 14.9. The van der Waals surface area contributed by atoms with E-state index >= 15 is 0 Å². The highest BCUT2D eigenvalue weighted by Crippen LogP contribution is 2.40. The van der Waals surface area contributed by atoms with Crippen LogP contribution in [0, 0.1) is 0 Å². The first kappa shape index (κ1) is 17.7. The summed E-state index contributed by atoms with van der Waals surface area (Å²) >= 11 is 0. The largest absolute Gasteiger partial charge is 0.525 e. The smallest absolute Gasteiger partial charge is 0.398 e. The molecule has 1 aromatic heterocycles. The minimum atomic E-state index is -0.953. The van der Waals surface area contributed by atoms with E-state index in [1.165, 1.54) is 12.8 Å². The molecule has 1 aliphatic heterocycles. The van der Waals surface area contributed by atoms with Gasteiger partial charge in [0.2, 0.25) is 0 Å². The van der Waals surface area contributed by atoms with Gasteiger partial charge >= 0.3 is 7.12 Å². The van der Waals surface area contributed by atoms with E-state index in [0.717, 1.165) is 36.2 Å². The fourth-order valence-electron chi connectivity index (χ4n) is 3.51. The Labute approximate surface area is 144 Å². The summed E-state index contributed by atoms with van der Waals surface area (Å²) in [6, 6.07) is 0. The van der Waals surface area contributed by atoms with E-state index in [-0.39, 0.29) is 5.73 Å². The minimum Gasteiger partial charge on any atom is -0.398 e. The Balaban J connectivity index is 1.89. The summed E-state index contributed by atoms with van der Waals surface area (Å²) < 4.78 is 26.5. The number of nitrogens with zero attached hydrogens (tertiary/aromatic N) is 1. The fourth-order valence-corrected chi connectivity index (χ4v) is 3.51. The van der Waals surface area contributed by atoms with E-state index in [4.69, 9.17) is 9.31 Å². The number of hydrogen-bond acceptors (Lipinski definition) is 3. The molecule has 6 heteroatoms. The lowest BCUT2D eigenvalue weighted by molar-refractivity contribution is 0.00578. The molecule has 0 amide bonds. The van der Waals surface area contributed by atoms with Gasteiger partial charge in [-0.3, -0.25) is 5.10 Å². The van der Waals surface area contributed by atoms with E-state index in [9.17, 15) is 4.39 Å². The van der Waals surface area contributed by atoms with Crippen molar-refractivity contribution in [1.82, 2.24) is 10.2 Å². The predicted octanol–water partition coefficient (Wildman–Crippen LogP) is 4.57. The van der Waals surface area contributed by atoms with Crippen LogP contribution in [-0.4, -0.2) is 28.5 Å². The van der Waals surface area contributed by atoms with Crippen LogP contribution in [0.3, 0.4) is 0 Å². The zero-order chi connectivity index (χ0) is 17.5. The number of aromatic amines is 1. The molecule has 1 saturated heterocycles. The van der Waals surface area contributed by atoms with Crippen molar-refractivity contribution in [2.45, 2.75) is 83.8 Å². The Morgan fingerprint density at radius 3 is 2.38 bits per heavy atom. The summed E-state index contributed by atoms with van der Waals surface area (Å²) in [5.74, 6) is 0.430. The van der Waals surface area contributed by atoms with Gasteiger partial charge in [-0.25, -0.2) is 4.39 Å². The number of H-pyrrole nitrogens is 1. The van der Waals surface area contributed by atoms with Gasteiger partial charge in [0.1, 0.15) is 5.73 Å². The van der Waals surface area contributed by atoms with E-state index in [1.807, 2.05) is 27.7 Å². The maximum atomic E-state index is 14.9. The number of aryl methyl sites for hydroxylation is 1. The summed E-state index contributed by atoms with van der Waals surface area (Å²) in [5.41, 5.74) is 1.39. The summed E-state index contributed by atoms with van der Waals surface area (Å²) in [6.07, 6.45) is 7.07. The maximum Gasteiger partial charge on any atom is 0.525 e. The van der Waals surface area contributed by atoms with Crippen LogP contribution in [0.5, 0.6) is 0 Å². The molecular formula is C18H28BFN2O2. The molecule has 0 bridgehead atoms. The first-order chi connectivity index (χ1) is 11.2. The Bertz CT molecular complexity index is 617. The van der Waals surface area contributed by atoms with Crippen LogP contribution in [0.25, 0.3) is 6.08 Å². The molecular weight excluding hydrogens is 306 g/mol. The molecule has 0 aromatic carbocycles. The average Bonchev–Trinajstić information content (AvgIpc) is 3.18. The zero-order valence-electron chi connectivity index (χ0n) is 15.4. The lowest BCUT2D eigenvalue weighted by Gasteiger charge is -2.32. The summed E-state index contributed by atoms with van der Waals surface area (Å²) in [6.45, 7) is 9.77. The van der Waals surface area contributed by atoms with E-state index < -0.39 is 18.3 Å². The Morgan fingerprint density at radius 2 is 1.83 bits per heavy atom. The molecule has 4 nitrogen and oxygen atoms in total. The molecule has 2 aliphatic rings. The number of nitrogens with one attached hydrogen (secondary N) is 1. The second-order valence-corrected chi connectivity index (χ2v) is 7.95. The van der Waals surface area contributed by atoms with Gasteiger partial charge < -0.3 is 9.31 Å². The van der Waals surface area contributed by atoms with Gasteiger partial charge in [-0.15, -0.1) is 0 Å². The van der Waals surface area contributed by atoms with Crippen molar-refractivity contribution in [3.8, 4) is 0 Å². The van der Waals surface area contributed by atoms with Crippen LogP contribution in [-0.2, 0) is 15.7 Å². The van der Waals surface area contributed by atoms with Crippen molar-refractivity contribution in [3.63, 3.8) is 0 Å². The topological polar surface area (TPSA) is 47.1 Å². The standard InChI is InChI=1S/C18H28BFN2O2/c1-6-14-13(16(22-21-14)12-9-7-8-10-12)11-15(20)19-23-17(2,3)18(4,5)24-19/h11-12H,6-10H2,1-5H3,(H,21,22). The van der Waals surface area contributed by atoms with Gasteiger partial charge in [0.15, 0.2) is 0 Å². The molecule has 0 radical (unpaired) electrons. The fraction of sp³-hybridized carbons (Fsp3) is 0.722. The molecule has 24 heavy (non-hydrogen) atoms. The minimum absolute atomic E-state index is 0.385. The van der Waals surface area contributed by atoms with Gasteiger partial charge in [-0.2, -0.15) is 5.10 Å². The number of hydrogen-bond donors (Lipinski definition) is 1. The van der Waals surface area contributed by atoms with Gasteiger partial charge in [-0.1, -0.05) is 19.8 Å². The van der Waals surface area contributed by atoms with Crippen molar-refractivity contribution in [2.24, 2.45) is 0 Å². The quantitative estimate of drug-likeness (QED) is 0.821. The Hall–Kier alpha value is -1.14. The van der Waals surface area contributed by atoms with Crippen molar-refractivity contribution in [2.75, 3.05) is 0 Å². The Morgan fingerprint density at radius 1 is 1.25 bits per heavy atom. The third-order valence-electron chi connectivity index (χ3n) is 5.77. The SMILES string of the molecule is CCc1[nH]nc(C2CCCC2)c1C=C(F)B1OC(C)(C)C(C)(C)O1. The molecule has 132 valence electrons. The molecule has 1 aliphatic carbocycles. The van der Waals surface area contributed by atoms with Crippen molar-refractivity contribution < 1.29 is 13.7 Å². The van der Waals surface area contributed by atoms with Crippen LogP contribution in [0.4, 0.5) is 4.39 Å². The lowest BCUT2D eigenvalue weighted by atomic mass is 9.85. The normalized spacial score (nSPS) is 24.1. The lowest BCUT2D eigenvalue weighted by Crippen LogP contribution is -2.41. The van der Waals surface area contributed by atoms with Crippen molar-refractivity contribution >= 4 is 13.2 Å². The second kappa shape index (κ2) is 6.30. The van der Waals surface area contributed by atoms with Crippen LogP contribution >= 0.6 is 0 Å². The first-order valence-corrected chi connectivity index (χ1v) is 9.05. The summed E-state index contributed by atoms with van der Waals surface area (Å²) in [4.78, 5) is 0. The van der Waals surface area contributed by atoms with Gasteiger partial charge in [0.25, 0.3) is 0 Å². The highest BCUT2D eigenvalue weighted by molar-refractivity contribution is 6.54. The molecule has 1 aromatic rings. The first-order valence-electron chi connectivity index (χ1n) is 9.05. The van der Waals surface area contributed by atoms with Crippen LogP contribution < -0.4 is 0 Å². The molecule has 1 saturated carbocycles. The number of halogens is 1. The molecule has 1 N–H and O–H groups in total.